The van der Waals surface area contributed by atoms with Crippen LogP contribution in [0, 0.1) is 6.92 Å². The number of aryl methyl sites for hydroxylation is 1. The average Bonchev–Trinajstić information content (AvgIpc) is 3.12. The zero-order valence-electron chi connectivity index (χ0n) is 13.4. The van der Waals surface area contributed by atoms with Crippen LogP contribution in [0.5, 0.6) is 11.5 Å². The van der Waals surface area contributed by atoms with Gasteiger partial charge in [-0.2, -0.15) is 5.10 Å². The monoisotopic (exact) mass is 322 g/mol. The maximum absolute atomic E-state index is 5.73. The maximum atomic E-state index is 5.73. The van der Waals surface area contributed by atoms with Crippen LogP contribution in [0.2, 0.25) is 0 Å². The lowest BCUT2D eigenvalue weighted by atomic mass is 10.2. The first-order valence-electron chi connectivity index (χ1n) is 7.61. The Labute approximate surface area is 140 Å². The molecule has 3 aromatic rings. The summed E-state index contributed by atoms with van der Waals surface area (Å²) in [5.41, 5.74) is 2.05. The highest BCUT2D eigenvalue weighted by atomic mass is 16.5. The number of hydrogen-bond acceptors (Lipinski definition) is 5. The molecule has 1 aromatic heterocycles. The molecule has 6 heteroatoms. The predicted octanol–water partition coefficient (Wildman–Crippen LogP) is 2.93. The van der Waals surface area contributed by atoms with Gasteiger partial charge in [-0.1, -0.05) is 30.3 Å². The van der Waals surface area contributed by atoms with Gasteiger partial charge in [0.15, 0.2) is 0 Å². The van der Waals surface area contributed by atoms with E-state index >= 15 is 0 Å². The molecule has 1 heterocycles. The van der Waals surface area contributed by atoms with Gasteiger partial charge in [0.2, 0.25) is 0 Å². The van der Waals surface area contributed by atoms with Crippen molar-refractivity contribution in [3.05, 3.63) is 72.3 Å². The van der Waals surface area contributed by atoms with Crippen LogP contribution in [0.15, 0.2) is 66.3 Å². The molecule has 0 saturated carbocycles. The van der Waals surface area contributed by atoms with Gasteiger partial charge in [-0.25, -0.2) is 4.68 Å². The number of nitrogens with zero attached hydrogens (tertiary/aromatic N) is 4. The van der Waals surface area contributed by atoms with E-state index in [2.05, 4.69) is 15.3 Å². The van der Waals surface area contributed by atoms with Crippen molar-refractivity contribution in [2.24, 2.45) is 5.10 Å². The first-order chi connectivity index (χ1) is 11.8. The highest BCUT2D eigenvalue weighted by Crippen LogP contribution is 2.16. The van der Waals surface area contributed by atoms with Gasteiger partial charge in [-0.3, -0.25) is 0 Å². The minimum atomic E-state index is 0.473. The van der Waals surface area contributed by atoms with E-state index in [0.717, 1.165) is 22.6 Å². The van der Waals surface area contributed by atoms with Gasteiger partial charge in [-0.05, 0) is 36.2 Å². The van der Waals surface area contributed by atoms with E-state index in [-0.39, 0.29) is 0 Å². The molecule has 122 valence electrons. The van der Waals surface area contributed by atoms with E-state index in [9.17, 15) is 0 Å². The fraction of sp³-hybridized carbons (Fsp3) is 0.167. The van der Waals surface area contributed by atoms with Gasteiger partial charge < -0.3 is 9.47 Å². The van der Waals surface area contributed by atoms with Gasteiger partial charge in [0.05, 0.1) is 6.21 Å². The molecular formula is C18H18N4O2. The third-order valence-electron chi connectivity index (χ3n) is 3.31. The van der Waals surface area contributed by atoms with Crippen molar-refractivity contribution in [2.45, 2.75) is 6.92 Å². The van der Waals surface area contributed by atoms with Crippen molar-refractivity contribution in [2.75, 3.05) is 13.2 Å². The molecule has 0 unspecified atom stereocenters. The Morgan fingerprint density at radius 3 is 2.62 bits per heavy atom. The largest absolute Gasteiger partial charge is 0.490 e. The van der Waals surface area contributed by atoms with Crippen molar-refractivity contribution >= 4 is 6.21 Å². The highest BCUT2D eigenvalue weighted by molar-refractivity contribution is 5.80. The Hall–Kier alpha value is -3.15. The van der Waals surface area contributed by atoms with Crippen molar-refractivity contribution in [3.63, 3.8) is 0 Å². The normalized spacial score (nSPS) is 10.9. The Bertz CT molecular complexity index is 800. The molecular weight excluding hydrogens is 304 g/mol. The molecule has 0 bridgehead atoms. The minimum Gasteiger partial charge on any atom is -0.490 e. The summed E-state index contributed by atoms with van der Waals surface area (Å²) >= 11 is 0. The first kappa shape index (κ1) is 15.7. The summed E-state index contributed by atoms with van der Waals surface area (Å²) in [4.78, 5) is 0. The lowest BCUT2D eigenvalue weighted by Gasteiger charge is -2.10. The number of benzene rings is 2. The van der Waals surface area contributed by atoms with E-state index in [1.165, 1.54) is 17.3 Å². The second-order valence-electron chi connectivity index (χ2n) is 5.12. The van der Waals surface area contributed by atoms with Crippen LogP contribution >= 0.6 is 0 Å². The van der Waals surface area contributed by atoms with Gasteiger partial charge in [0.1, 0.15) is 37.4 Å². The van der Waals surface area contributed by atoms with Crippen LogP contribution in [0.3, 0.4) is 0 Å². The fourth-order valence-corrected chi connectivity index (χ4v) is 2.10. The van der Waals surface area contributed by atoms with Crippen LogP contribution in [0.4, 0.5) is 0 Å². The zero-order valence-corrected chi connectivity index (χ0v) is 13.4. The second kappa shape index (κ2) is 7.92. The molecule has 0 fully saturated rings. The van der Waals surface area contributed by atoms with Crippen LogP contribution in [0.1, 0.15) is 11.1 Å². The van der Waals surface area contributed by atoms with Crippen LogP contribution in [-0.2, 0) is 0 Å². The molecule has 0 spiro atoms. The number of hydrogen-bond donors (Lipinski definition) is 0. The van der Waals surface area contributed by atoms with Crippen molar-refractivity contribution in [1.82, 2.24) is 14.9 Å². The zero-order chi connectivity index (χ0) is 16.6. The van der Waals surface area contributed by atoms with Gasteiger partial charge in [-0.15, -0.1) is 10.2 Å². The molecule has 0 N–H and O–H groups in total. The third-order valence-corrected chi connectivity index (χ3v) is 3.31. The van der Waals surface area contributed by atoms with Crippen LogP contribution in [0.25, 0.3) is 0 Å². The molecule has 2 aromatic carbocycles. The first-order valence-corrected chi connectivity index (χ1v) is 7.61. The number of para-hydroxylation sites is 1. The third kappa shape index (κ3) is 4.42. The van der Waals surface area contributed by atoms with Crippen molar-refractivity contribution in [1.29, 1.82) is 0 Å². The van der Waals surface area contributed by atoms with Gasteiger partial charge >= 0.3 is 0 Å². The lowest BCUT2D eigenvalue weighted by Crippen LogP contribution is -2.09. The maximum Gasteiger partial charge on any atom is 0.141 e. The lowest BCUT2D eigenvalue weighted by molar-refractivity contribution is 0.216. The quantitative estimate of drug-likeness (QED) is 0.496. The smallest absolute Gasteiger partial charge is 0.141 e. The van der Waals surface area contributed by atoms with Gasteiger partial charge in [0.25, 0.3) is 0 Å². The number of ether oxygens (including phenoxy) is 2. The molecule has 0 atom stereocenters. The van der Waals surface area contributed by atoms with Crippen molar-refractivity contribution < 1.29 is 9.47 Å². The molecule has 0 aliphatic carbocycles. The molecule has 24 heavy (non-hydrogen) atoms. The fourth-order valence-electron chi connectivity index (χ4n) is 2.10. The second-order valence-corrected chi connectivity index (χ2v) is 5.12. The highest BCUT2D eigenvalue weighted by Gasteiger charge is 1.99. The Kier molecular flexibility index (Phi) is 5.19. The predicted molar refractivity (Wildman–Crippen MR) is 91.6 cm³/mol. The summed E-state index contributed by atoms with van der Waals surface area (Å²) in [5, 5.41) is 11.6. The number of aromatic nitrogens is 3. The van der Waals surface area contributed by atoms with E-state index in [1.54, 1.807) is 6.21 Å². The van der Waals surface area contributed by atoms with E-state index in [4.69, 9.17) is 9.47 Å². The molecule has 0 aliphatic heterocycles. The molecule has 0 saturated heterocycles. The Morgan fingerprint density at radius 1 is 1.00 bits per heavy atom. The number of rotatable bonds is 7. The van der Waals surface area contributed by atoms with Gasteiger partial charge in [0, 0.05) is 0 Å². The standard InChI is InChI=1S/C18H18N4O2/c1-15-5-2-3-8-18(15)24-10-9-23-17-7-4-6-16(11-17)12-21-22-13-19-20-14-22/h2-8,11-14H,9-10H2,1H3/b21-12-. The van der Waals surface area contributed by atoms with Crippen molar-refractivity contribution in [3.8, 4) is 11.5 Å². The molecule has 0 aliphatic rings. The Balaban J connectivity index is 1.50. The summed E-state index contributed by atoms with van der Waals surface area (Å²) in [6.45, 7) is 2.99. The summed E-state index contributed by atoms with van der Waals surface area (Å²) in [6.07, 6.45) is 4.78. The summed E-state index contributed by atoms with van der Waals surface area (Å²) in [5.74, 6) is 1.66. The van der Waals surface area contributed by atoms with Crippen LogP contribution in [-0.4, -0.2) is 34.3 Å². The molecule has 0 radical (unpaired) electrons. The van der Waals surface area contributed by atoms with E-state index in [0.29, 0.717) is 13.2 Å². The summed E-state index contributed by atoms with van der Waals surface area (Å²) in [6, 6.07) is 15.6. The minimum absolute atomic E-state index is 0.473. The van der Waals surface area contributed by atoms with E-state index in [1.807, 2.05) is 55.5 Å². The molecule has 0 amide bonds. The molecule has 6 nitrogen and oxygen atoms in total. The van der Waals surface area contributed by atoms with E-state index < -0.39 is 0 Å². The summed E-state index contributed by atoms with van der Waals surface area (Å²) < 4.78 is 13.0. The SMILES string of the molecule is Cc1ccccc1OCCOc1cccc(/C=N\n2cnnc2)c1. The van der Waals surface area contributed by atoms with Crippen LogP contribution < -0.4 is 9.47 Å². The average molecular weight is 322 g/mol. The molecule has 3 rings (SSSR count). The summed E-state index contributed by atoms with van der Waals surface area (Å²) in [7, 11) is 0. The Morgan fingerprint density at radius 2 is 1.79 bits per heavy atom. The topological polar surface area (TPSA) is 61.5 Å².